The van der Waals surface area contributed by atoms with Crippen LogP contribution in [0.2, 0.25) is 0 Å². The van der Waals surface area contributed by atoms with Gasteiger partial charge >= 0.3 is 13.5 Å². The van der Waals surface area contributed by atoms with Gasteiger partial charge in [0.2, 0.25) is 0 Å². The lowest BCUT2D eigenvalue weighted by Crippen LogP contribution is -2.32. The lowest BCUT2D eigenvalue weighted by molar-refractivity contribution is -0.140. The van der Waals surface area contributed by atoms with E-state index >= 15 is 0 Å². The van der Waals surface area contributed by atoms with Crippen molar-refractivity contribution in [1.29, 1.82) is 0 Å². The fourth-order valence-corrected chi connectivity index (χ4v) is 4.44. The smallest absolute Gasteiger partial charge is 0.320 e. The Kier molecular flexibility index (Phi) is 5.39. The molecular weight excluding hydrogens is 293 g/mol. The molecule has 0 saturated carbocycles. The van der Waals surface area contributed by atoms with E-state index in [2.05, 4.69) is 4.74 Å². The van der Waals surface area contributed by atoms with E-state index in [-0.39, 0.29) is 6.54 Å². The molecule has 0 bridgehead atoms. The van der Waals surface area contributed by atoms with Crippen LogP contribution in [0.5, 0.6) is 5.75 Å². The highest BCUT2D eigenvalue weighted by molar-refractivity contribution is 7.64. The zero-order valence-electron chi connectivity index (χ0n) is 12.3. The molecule has 1 aromatic rings. The molecule has 21 heavy (non-hydrogen) atoms. The van der Waals surface area contributed by atoms with Gasteiger partial charge in [0.15, 0.2) is 0 Å². The molecule has 0 aliphatic carbocycles. The first-order valence-corrected chi connectivity index (χ1v) is 8.39. The normalized spacial score (nSPS) is 23.3. The van der Waals surface area contributed by atoms with Gasteiger partial charge in [0.05, 0.1) is 26.1 Å². The second-order valence-corrected chi connectivity index (χ2v) is 7.10. The van der Waals surface area contributed by atoms with Gasteiger partial charge in [0.1, 0.15) is 12.3 Å². The maximum Gasteiger partial charge on any atom is 0.320 e. The highest BCUT2D eigenvalue weighted by Crippen LogP contribution is 2.51. The second kappa shape index (κ2) is 7.07. The van der Waals surface area contributed by atoms with Gasteiger partial charge in [0.25, 0.3) is 0 Å². The van der Waals surface area contributed by atoms with E-state index in [4.69, 9.17) is 9.26 Å². The fourth-order valence-electron chi connectivity index (χ4n) is 2.19. The molecule has 116 valence electrons. The predicted molar refractivity (Wildman–Crippen MR) is 79.0 cm³/mol. The molecule has 0 aromatic heterocycles. The number of esters is 1. The van der Waals surface area contributed by atoms with E-state index < -0.39 is 13.5 Å². The second-order valence-electron chi connectivity index (χ2n) is 4.72. The summed E-state index contributed by atoms with van der Waals surface area (Å²) in [6, 6.07) is 6.91. The van der Waals surface area contributed by atoms with Gasteiger partial charge in [-0.2, -0.15) is 0 Å². The van der Waals surface area contributed by atoms with Gasteiger partial charge in [-0.1, -0.05) is 0 Å². The number of hydrogen-bond acceptors (Lipinski definition) is 5. The van der Waals surface area contributed by atoms with E-state index in [1.807, 2.05) is 0 Å². The lowest BCUT2D eigenvalue weighted by Gasteiger charge is -2.28. The van der Waals surface area contributed by atoms with Crippen LogP contribution in [0.4, 0.5) is 0 Å². The minimum atomic E-state index is -3.24. The first-order chi connectivity index (χ1) is 10.1. The monoisotopic (exact) mass is 313 g/mol. The van der Waals surface area contributed by atoms with Crippen molar-refractivity contribution >= 4 is 18.8 Å². The van der Waals surface area contributed by atoms with Gasteiger partial charge in [-0.05, 0) is 37.1 Å². The molecular formula is C14H20NO5P. The van der Waals surface area contributed by atoms with Crippen LogP contribution >= 0.6 is 7.52 Å². The van der Waals surface area contributed by atoms with Gasteiger partial charge < -0.3 is 14.0 Å². The predicted octanol–water partition coefficient (Wildman–Crippen LogP) is 1.80. The molecule has 1 aromatic carbocycles. The number of hydrogen-bond donors (Lipinski definition) is 0. The quantitative estimate of drug-likeness (QED) is 0.624. The summed E-state index contributed by atoms with van der Waals surface area (Å²) in [7, 11) is -0.349. The van der Waals surface area contributed by atoms with Crippen LogP contribution < -0.4 is 10.0 Å². The van der Waals surface area contributed by atoms with Crippen molar-refractivity contribution in [3.05, 3.63) is 24.3 Å². The van der Waals surface area contributed by atoms with E-state index in [9.17, 15) is 9.36 Å². The first-order valence-electron chi connectivity index (χ1n) is 6.81. The molecule has 1 heterocycles. The fraction of sp³-hybridized carbons (Fsp3) is 0.500. The highest BCUT2D eigenvalue weighted by atomic mass is 31.2. The van der Waals surface area contributed by atoms with Gasteiger partial charge in [-0.3, -0.25) is 9.36 Å². The van der Waals surface area contributed by atoms with Crippen molar-refractivity contribution in [2.75, 3.05) is 33.9 Å². The summed E-state index contributed by atoms with van der Waals surface area (Å²) >= 11 is 0. The van der Waals surface area contributed by atoms with Crippen LogP contribution in [0.1, 0.15) is 12.8 Å². The average molecular weight is 313 g/mol. The number of carbonyl (C=O) groups excluding carboxylic acids is 1. The zero-order chi connectivity index (χ0) is 15.3. The van der Waals surface area contributed by atoms with Crippen molar-refractivity contribution in [3.63, 3.8) is 0 Å². The number of carbonyl (C=O) groups is 1. The van der Waals surface area contributed by atoms with Crippen LogP contribution in [-0.2, 0) is 18.6 Å². The molecule has 0 radical (unpaired) electrons. The topological polar surface area (TPSA) is 65.1 Å². The summed E-state index contributed by atoms with van der Waals surface area (Å²) in [5, 5.41) is 0.564. The first kappa shape index (κ1) is 16.0. The van der Waals surface area contributed by atoms with E-state index in [0.29, 0.717) is 24.2 Å². The molecule has 1 aliphatic heterocycles. The largest absolute Gasteiger partial charge is 0.497 e. The third kappa shape index (κ3) is 3.64. The standard InChI is InChI=1S/C14H20NO5P/c1-18-12-5-7-13(8-6-12)21(17)15(11-14(16)19-2)9-3-4-10-20-21/h5-8H,3-4,9-11H2,1-2H3. The van der Waals surface area contributed by atoms with E-state index in [1.54, 1.807) is 36.0 Å². The molecule has 1 unspecified atom stereocenters. The third-order valence-corrected chi connectivity index (χ3v) is 5.96. The van der Waals surface area contributed by atoms with Crippen LogP contribution in [0.3, 0.4) is 0 Å². The number of nitrogens with zero attached hydrogens (tertiary/aromatic N) is 1. The van der Waals surface area contributed by atoms with Crippen LogP contribution in [-0.4, -0.2) is 44.6 Å². The Morgan fingerprint density at radius 2 is 2.00 bits per heavy atom. The molecule has 7 heteroatoms. The van der Waals surface area contributed by atoms with Crippen molar-refractivity contribution in [3.8, 4) is 5.75 Å². The Morgan fingerprint density at radius 1 is 1.29 bits per heavy atom. The van der Waals surface area contributed by atoms with Crippen molar-refractivity contribution in [2.24, 2.45) is 0 Å². The Hall–Kier alpha value is -1.36. The van der Waals surface area contributed by atoms with Crippen molar-refractivity contribution < 1.29 is 23.4 Å². The van der Waals surface area contributed by atoms with Crippen LogP contribution in [0.25, 0.3) is 0 Å². The van der Waals surface area contributed by atoms with Crippen LogP contribution in [0.15, 0.2) is 24.3 Å². The molecule has 0 spiro atoms. The molecule has 6 nitrogen and oxygen atoms in total. The van der Waals surface area contributed by atoms with E-state index in [0.717, 1.165) is 12.8 Å². The Labute approximate surface area is 124 Å². The zero-order valence-corrected chi connectivity index (χ0v) is 13.2. The summed E-state index contributed by atoms with van der Waals surface area (Å²) in [6.07, 6.45) is 1.65. The van der Waals surface area contributed by atoms with Gasteiger partial charge in [0, 0.05) is 6.54 Å². The molecule has 1 saturated heterocycles. The molecule has 1 aliphatic rings. The highest BCUT2D eigenvalue weighted by Gasteiger charge is 2.36. The Bertz CT molecular complexity index is 531. The average Bonchev–Trinajstić information content (AvgIpc) is 2.70. The maximum absolute atomic E-state index is 13.3. The summed E-state index contributed by atoms with van der Waals surface area (Å²) in [5.74, 6) is 0.258. The van der Waals surface area contributed by atoms with Gasteiger partial charge in [-0.25, -0.2) is 4.67 Å². The number of rotatable bonds is 4. The molecule has 1 atom stereocenters. The third-order valence-electron chi connectivity index (χ3n) is 3.39. The summed E-state index contributed by atoms with van der Waals surface area (Å²) < 4.78 is 30.3. The molecule has 0 amide bonds. The van der Waals surface area contributed by atoms with E-state index in [1.165, 1.54) is 7.11 Å². The summed E-state index contributed by atoms with van der Waals surface area (Å²) in [6.45, 7) is 0.916. The van der Waals surface area contributed by atoms with Gasteiger partial charge in [-0.15, -0.1) is 0 Å². The number of methoxy groups -OCH3 is 2. The Balaban J connectivity index is 2.31. The minimum Gasteiger partial charge on any atom is -0.497 e. The molecule has 0 N–H and O–H groups in total. The lowest BCUT2D eigenvalue weighted by atomic mass is 10.3. The maximum atomic E-state index is 13.3. The summed E-state index contributed by atoms with van der Waals surface area (Å²) in [4.78, 5) is 11.6. The number of benzene rings is 1. The van der Waals surface area contributed by atoms with Crippen molar-refractivity contribution in [1.82, 2.24) is 4.67 Å². The van der Waals surface area contributed by atoms with Crippen molar-refractivity contribution in [2.45, 2.75) is 12.8 Å². The number of ether oxygens (including phenoxy) is 2. The summed E-state index contributed by atoms with van der Waals surface area (Å²) in [5.41, 5.74) is 0. The molecule has 1 fully saturated rings. The Morgan fingerprint density at radius 3 is 2.62 bits per heavy atom. The molecule has 2 rings (SSSR count). The SMILES string of the molecule is COC(=O)CN1CCCCOP1(=O)c1ccc(OC)cc1. The van der Waals surface area contributed by atoms with Crippen LogP contribution in [0, 0.1) is 0 Å². The minimum absolute atomic E-state index is 0.0419.